The van der Waals surface area contributed by atoms with Crippen molar-refractivity contribution < 1.29 is 42.4 Å². The molecule has 0 radical (unpaired) electrons. The van der Waals surface area contributed by atoms with E-state index in [1.807, 2.05) is 12.2 Å². The Bertz CT molecular complexity index is 1300. The molecule has 0 fully saturated rings. The van der Waals surface area contributed by atoms with E-state index in [4.69, 9.17) is 24.3 Å². The van der Waals surface area contributed by atoms with E-state index >= 15 is 0 Å². The summed E-state index contributed by atoms with van der Waals surface area (Å²) in [5.41, 5.74) is 5.32. The molecule has 0 saturated carbocycles. The molecule has 1 unspecified atom stereocenters. The first-order valence-electron chi connectivity index (χ1n) is 20.7. The summed E-state index contributed by atoms with van der Waals surface area (Å²) in [5.74, 6) is -1.24. The average molecular weight is 802 g/mol. The molecule has 11 heteroatoms. The fraction of sp³-hybridized carbons (Fsp3) is 0.578. The lowest BCUT2D eigenvalue weighted by molar-refractivity contribution is -0.161. The smallest absolute Gasteiger partial charge is 0.462 e. The Morgan fingerprint density at radius 1 is 0.607 bits per heavy atom. The van der Waals surface area contributed by atoms with E-state index in [2.05, 4.69) is 86.8 Å². The number of ether oxygens (including phenoxy) is 2. The van der Waals surface area contributed by atoms with Crippen molar-refractivity contribution in [3.63, 3.8) is 0 Å². The second-order valence-corrected chi connectivity index (χ2v) is 14.6. The van der Waals surface area contributed by atoms with E-state index in [1.165, 1.54) is 25.3 Å². The van der Waals surface area contributed by atoms with Crippen LogP contribution in [-0.4, -0.2) is 55.1 Å². The summed E-state index contributed by atoms with van der Waals surface area (Å²) in [4.78, 5) is 47.0. The number of esters is 2. The van der Waals surface area contributed by atoms with Gasteiger partial charge in [0, 0.05) is 25.8 Å². The van der Waals surface area contributed by atoms with Crippen LogP contribution >= 0.6 is 7.82 Å². The maximum atomic E-state index is 12.6. The molecule has 10 nitrogen and oxygen atoms in total. The molecule has 0 aromatic heterocycles. The number of rotatable bonds is 37. The molecule has 0 aromatic rings. The molecule has 0 amide bonds. The van der Waals surface area contributed by atoms with E-state index in [9.17, 15) is 23.8 Å². The molecule has 3 N–H and O–H groups in total. The lowest BCUT2D eigenvalue weighted by atomic mass is 10.1. The van der Waals surface area contributed by atoms with Crippen LogP contribution in [0.3, 0.4) is 0 Å². The lowest BCUT2D eigenvalue weighted by Gasteiger charge is -2.19. The first-order valence-corrected chi connectivity index (χ1v) is 22.2. The highest BCUT2D eigenvalue weighted by atomic mass is 31.2. The molecule has 0 heterocycles. The summed E-state index contributed by atoms with van der Waals surface area (Å²) < 4.78 is 32.5. The summed E-state index contributed by atoms with van der Waals surface area (Å²) in [6.45, 7) is 3.25. The number of allylic oxidation sites excluding steroid dienone is 16. The summed E-state index contributed by atoms with van der Waals surface area (Å²) in [6, 6.07) is 0. The predicted molar refractivity (Wildman–Crippen MR) is 229 cm³/mol. The van der Waals surface area contributed by atoms with Crippen molar-refractivity contribution in [2.75, 3.05) is 26.4 Å². The predicted octanol–water partition coefficient (Wildman–Crippen LogP) is 11.0. The zero-order valence-electron chi connectivity index (χ0n) is 34.3. The van der Waals surface area contributed by atoms with Crippen molar-refractivity contribution in [3.8, 4) is 0 Å². The highest BCUT2D eigenvalue weighted by Gasteiger charge is 2.26. The molecule has 0 bridgehead atoms. The van der Waals surface area contributed by atoms with Gasteiger partial charge < -0.3 is 20.1 Å². The van der Waals surface area contributed by atoms with Gasteiger partial charge in [0.25, 0.3) is 0 Å². The van der Waals surface area contributed by atoms with Crippen LogP contribution in [0.5, 0.6) is 0 Å². The fourth-order valence-electron chi connectivity index (χ4n) is 4.87. The zero-order chi connectivity index (χ0) is 41.2. The van der Waals surface area contributed by atoms with Crippen LogP contribution in [0.15, 0.2) is 97.2 Å². The number of carbonyl (C=O) groups is 3. The Hall–Kier alpha value is -3.40. The fourth-order valence-corrected chi connectivity index (χ4v) is 5.64. The molecule has 0 aliphatic rings. The van der Waals surface area contributed by atoms with E-state index in [1.54, 1.807) is 6.08 Å². The number of carbonyl (C=O) groups excluding carboxylic acids is 3. The molecule has 2 atom stereocenters. The van der Waals surface area contributed by atoms with Crippen molar-refractivity contribution in [2.45, 2.75) is 142 Å². The van der Waals surface area contributed by atoms with Crippen LogP contribution < -0.4 is 5.73 Å². The van der Waals surface area contributed by atoms with Gasteiger partial charge >= 0.3 is 19.8 Å². The minimum absolute atomic E-state index is 0.0115. The van der Waals surface area contributed by atoms with Crippen LogP contribution in [0, 0.1) is 0 Å². The Labute approximate surface area is 338 Å². The normalized spacial score (nSPS) is 14.2. The molecule has 0 spiro atoms. The minimum Gasteiger partial charge on any atom is -0.462 e. The highest BCUT2D eigenvalue weighted by Crippen LogP contribution is 2.43. The molecule has 0 rings (SSSR count). The summed E-state index contributed by atoms with van der Waals surface area (Å²) in [5, 5.41) is 0. The number of phosphoric ester groups is 1. The second kappa shape index (κ2) is 39.8. The molecule has 0 aliphatic heterocycles. The number of hydrogen-bond acceptors (Lipinski definition) is 9. The third-order valence-electron chi connectivity index (χ3n) is 7.93. The maximum absolute atomic E-state index is 12.6. The molecular formula is C45H72NO9P. The number of unbranched alkanes of at least 4 members (excludes halogenated alkanes) is 7. The van der Waals surface area contributed by atoms with Gasteiger partial charge in [-0.2, -0.15) is 0 Å². The van der Waals surface area contributed by atoms with Gasteiger partial charge in [-0.15, -0.1) is 0 Å². The third-order valence-corrected chi connectivity index (χ3v) is 8.91. The Morgan fingerprint density at radius 3 is 1.77 bits per heavy atom. The van der Waals surface area contributed by atoms with E-state index in [0.717, 1.165) is 70.6 Å². The standard InChI is InChI=1S/C45H72NO9P/c1-3-5-7-9-11-13-15-17-18-19-20-22-24-26-28-30-32-36-45(49)55-43(41-54-56(50,51)53-39-38-46)40-52-44(48)37-33-35-42(47)34-31-29-27-25-23-21-16-14-12-10-8-6-4-2/h5,7,11-14,17-18,20-23,27,29,31,34,43H,3-4,6,8-10,15-16,19,24-26,28,30,32-33,35-41,46H2,1-2H3,(H,50,51)/b7-5-,13-11-,14-12-,18-17-,22-20-,23-21-,29-27-,34-31+/t43-/m1/s1. The van der Waals surface area contributed by atoms with Crippen molar-refractivity contribution in [2.24, 2.45) is 5.73 Å². The topological polar surface area (TPSA) is 151 Å². The molecule has 316 valence electrons. The Morgan fingerprint density at radius 2 is 1.16 bits per heavy atom. The van der Waals surface area contributed by atoms with Gasteiger partial charge in [0.15, 0.2) is 11.9 Å². The lowest BCUT2D eigenvalue weighted by Crippen LogP contribution is -2.29. The first kappa shape index (κ1) is 52.6. The Kier molecular flexibility index (Phi) is 37.4. The SMILES string of the molecule is CC/C=C\C/C=C\C/C=C\C/C=C\CCCCCCC(=O)O[C@H](COC(=O)CCCC(=O)/C=C/C=C\C/C=C\C/C=C\CCCCC)COP(=O)(O)OCCN. The van der Waals surface area contributed by atoms with E-state index in [-0.39, 0.29) is 51.2 Å². The van der Waals surface area contributed by atoms with Crippen molar-refractivity contribution in [1.29, 1.82) is 0 Å². The largest absolute Gasteiger partial charge is 0.472 e. The molecule has 0 saturated heterocycles. The number of phosphoric acid groups is 1. The van der Waals surface area contributed by atoms with Gasteiger partial charge in [0.1, 0.15) is 6.61 Å². The van der Waals surface area contributed by atoms with Crippen LogP contribution in [0.2, 0.25) is 0 Å². The molecule has 56 heavy (non-hydrogen) atoms. The van der Waals surface area contributed by atoms with Crippen molar-refractivity contribution in [3.05, 3.63) is 97.2 Å². The quantitative estimate of drug-likeness (QED) is 0.0155. The summed E-state index contributed by atoms with van der Waals surface area (Å²) >= 11 is 0. The van der Waals surface area contributed by atoms with Gasteiger partial charge in [0.05, 0.1) is 13.2 Å². The average Bonchev–Trinajstić information content (AvgIpc) is 3.18. The highest BCUT2D eigenvalue weighted by molar-refractivity contribution is 7.47. The van der Waals surface area contributed by atoms with E-state index < -0.39 is 32.5 Å². The maximum Gasteiger partial charge on any atom is 0.472 e. The number of ketones is 1. The Balaban J connectivity index is 4.45. The van der Waals surface area contributed by atoms with Gasteiger partial charge in [-0.05, 0) is 83.1 Å². The molecular weight excluding hydrogens is 729 g/mol. The van der Waals surface area contributed by atoms with Gasteiger partial charge in [-0.1, -0.05) is 131 Å². The van der Waals surface area contributed by atoms with Gasteiger partial charge in [-0.3, -0.25) is 23.4 Å². The van der Waals surface area contributed by atoms with Crippen LogP contribution in [0.1, 0.15) is 136 Å². The van der Waals surface area contributed by atoms with Crippen LogP contribution in [0.25, 0.3) is 0 Å². The summed E-state index contributed by atoms with van der Waals surface area (Å²) in [7, 11) is -4.44. The van der Waals surface area contributed by atoms with E-state index in [0.29, 0.717) is 6.42 Å². The van der Waals surface area contributed by atoms with Crippen LogP contribution in [0.4, 0.5) is 0 Å². The third kappa shape index (κ3) is 38.9. The van der Waals surface area contributed by atoms with Gasteiger partial charge in [-0.25, -0.2) is 4.57 Å². The van der Waals surface area contributed by atoms with Crippen LogP contribution in [-0.2, 0) is 37.5 Å². The number of hydrogen-bond donors (Lipinski definition) is 2. The molecule has 0 aliphatic carbocycles. The van der Waals surface area contributed by atoms with Gasteiger partial charge in [0.2, 0.25) is 0 Å². The van der Waals surface area contributed by atoms with Crippen molar-refractivity contribution >= 4 is 25.5 Å². The number of nitrogens with two attached hydrogens (primary N) is 1. The second-order valence-electron chi connectivity index (χ2n) is 13.2. The van der Waals surface area contributed by atoms with Crippen molar-refractivity contribution in [1.82, 2.24) is 0 Å². The monoisotopic (exact) mass is 801 g/mol. The first-order chi connectivity index (χ1) is 27.2. The summed E-state index contributed by atoms with van der Waals surface area (Å²) in [6.07, 6.45) is 47.3. The molecule has 0 aromatic carbocycles. The zero-order valence-corrected chi connectivity index (χ0v) is 35.2. The minimum atomic E-state index is -4.44.